The number of rotatable bonds is 4. The lowest BCUT2D eigenvalue weighted by atomic mass is 10.2. The van der Waals surface area contributed by atoms with Crippen molar-refractivity contribution in [3.63, 3.8) is 0 Å². The number of carbonyl (C=O) groups is 2. The molecule has 0 saturated heterocycles. The summed E-state index contributed by atoms with van der Waals surface area (Å²) >= 11 is 0. The molecular weight excluding hydrogens is 314 g/mol. The van der Waals surface area contributed by atoms with Gasteiger partial charge >= 0.3 is 6.01 Å². The van der Waals surface area contributed by atoms with Gasteiger partial charge in [0.2, 0.25) is 5.91 Å². The summed E-state index contributed by atoms with van der Waals surface area (Å²) in [6.45, 7) is 0.977. The minimum atomic E-state index is -0.442. The van der Waals surface area contributed by atoms with Crippen LogP contribution in [0, 0.1) is 5.92 Å². The molecule has 1 aliphatic heterocycles. The molecule has 2 heterocycles. The Morgan fingerprint density at radius 1 is 1.08 bits per heavy atom. The van der Waals surface area contributed by atoms with E-state index in [2.05, 4.69) is 15.6 Å². The normalized spacial score (nSPS) is 15.7. The molecule has 4 rings (SSSR count). The topological polar surface area (TPSA) is 103 Å². The van der Waals surface area contributed by atoms with Gasteiger partial charge in [0.25, 0.3) is 5.91 Å². The molecule has 1 fully saturated rings. The van der Waals surface area contributed by atoms with Gasteiger partial charge in [0.05, 0.1) is 0 Å². The van der Waals surface area contributed by atoms with Crippen LogP contribution in [0.5, 0.6) is 11.5 Å². The Morgan fingerprint density at radius 2 is 1.88 bits per heavy atom. The van der Waals surface area contributed by atoms with Gasteiger partial charge in [0.15, 0.2) is 17.2 Å². The predicted octanol–water partition coefficient (Wildman–Crippen LogP) is 2.05. The van der Waals surface area contributed by atoms with Gasteiger partial charge < -0.3 is 19.2 Å². The van der Waals surface area contributed by atoms with Crippen molar-refractivity contribution in [2.45, 2.75) is 12.8 Å². The number of anilines is 2. The Balaban J connectivity index is 1.42. The molecule has 0 atom stereocenters. The van der Waals surface area contributed by atoms with Crippen LogP contribution >= 0.6 is 0 Å². The van der Waals surface area contributed by atoms with Gasteiger partial charge in [-0.15, -0.1) is 0 Å². The van der Waals surface area contributed by atoms with Gasteiger partial charge in [0, 0.05) is 17.7 Å². The molecule has 1 saturated carbocycles. The second-order valence-corrected chi connectivity index (χ2v) is 5.61. The zero-order valence-electron chi connectivity index (χ0n) is 12.7. The molecule has 2 N–H and O–H groups in total. The van der Waals surface area contributed by atoms with Crippen LogP contribution in [0.4, 0.5) is 11.7 Å². The Hall–Kier alpha value is -3.03. The fourth-order valence-corrected chi connectivity index (χ4v) is 2.30. The van der Waals surface area contributed by atoms with Gasteiger partial charge in [-0.05, 0) is 25.0 Å². The zero-order valence-corrected chi connectivity index (χ0v) is 12.7. The Labute approximate surface area is 137 Å². The first-order valence-electron chi connectivity index (χ1n) is 7.66. The van der Waals surface area contributed by atoms with E-state index in [4.69, 9.17) is 13.9 Å². The quantitative estimate of drug-likeness (QED) is 0.890. The highest BCUT2D eigenvalue weighted by Crippen LogP contribution is 2.33. The molecule has 2 aliphatic rings. The van der Waals surface area contributed by atoms with Crippen LogP contribution < -0.4 is 20.1 Å². The van der Waals surface area contributed by atoms with Crippen LogP contribution in [-0.2, 0) is 4.79 Å². The highest BCUT2D eigenvalue weighted by molar-refractivity contribution is 6.03. The summed E-state index contributed by atoms with van der Waals surface area (Å²) in [6.07, 6.45) is 2.96. The van der Waals surface area contributed by atoms with Crippen molar-refractivity contribution in [1.82, 2.24) is 4.98 Å². The van der Waals surface area contributed by atoms with Crippen molar-refractivity contribution < 1.29 is 23.5 Å². The van der Waals surface area contributed by atoms with Crippen LogP contribution in [-0.4, -0.2) is 30.0 Å². The zero-order chi connectivity index (χ0) is 16.5. The van der Waals surface area contributed by atoms with Crippen LogP contribution in [0.3, 0.4) is 0 Å². The van der Waals surface area contributed by atoms with Crippen LogP contribution in [0.15, 0.2) is 28.9 Å². The number of ether oxygens (including phenoxy) is 2. The maximum atomic E-state index is 12.2. The first-order chi connectivity index (χ1) is 11.7. The second-order valence-electron chi connectivity index (χ2n) is 5.61. The van der Waals surface area contributed by atoms with Gasteiger partial charge in [-0.3, -0.25) is 14.9 Å². The summed E-state index contributed by atoms with van der Waals surface area (Å²) in [5, 5.41) is 5.25. The maximum absolute atomic E-state index is 12.2. The van der Waals surface area contributed by atoms with E-state index in [1.807, 2.05) is 0 Å². The number of hydrogen-bond acceptors (Lipinski definition) is 6. The van der Waals surface area contributed by atoms with E-state index in [9.17, 15) is 9.59 Å². The number of nitrogens with zero attached hydrogens (tertiary/aromatic N) is 1. The summed E-state index contributed by atoms with van der Waals surface area (Å²) in [6, 6.07) is 5.15. The fourth-order valence-electron chi connectivity index (χ4n) is 2.30. The molecule has 8 heteroatoms. The fraction of sp³-hybridized carbons (Fsp3) is 0.312. The first-order valence-corrected chi connectivity index (χ1v) is 7.66. The summed E-state index contributed by atoms with van der Waals surface area (Å²) < 4.78 is 16.0. The van der Waals surface area contributed by atoms with Gasteiger partial charge in [-0.25, -0.2) is 0 Å². The average Bonchev–Trinajstić information content (AvgIpc) is 3.34. The average molecular weight is 329 g/mol. The largest absolute Gasteiger partial charge is 0.486 e. The molecular formula is C16H15N3O5. The monoisotopic (exact) mass is 329 g/mol. The molecule has 2 amide bonds. The lowest BCUT2D eigenvalue weighted by molar-refractivity contribution is -0.117. The van der Waals surface area contributed by atoms with E-state index in [1.54, 1.807) is 18.2 Å². The predicted molar refractivity (Wildman–Crippen MR) is 83.2 cm³/mol. The molecule has 0 spiro atoms. The number of amides is 2. The van der Waals surface area contributed by atoms with E-state index in [0.717, 1.165) is 12.8 Å². The molecule has 1 aliphatic carbocycles. The van der Waals surface area contributed by atoms with E-state index >= 15 is 0 Å². The summed E-state index contributed by atoms with van der Waals surface area (Å²) in [5.74, 6) is 0.687. The van der Waals surface area contributed by atoms with Gasteiger partial charge in [0.1, 0.15) is 19.5 Å². The number of aromatic nitrogens is 1. The van der Waals surface area contributed by atoms with Crippen LogP contribution in [0.25, 0.3) is 0 Å². The Morgan fingerprint density at radius 3 is 2.67 bits per heavy atom. The van der Waals surface area contributed by atoms with E-state index < -0.39 is 5.91 Å². The standard InChI is InChI=1S/C16H15N3O5/c20-14(9-1-2-9)19-16-18-11(8-24-16)15(21)17-10-3-4-12-13(7-10)23-6-5-22-12/h3-4,7-9H,1-2,5-6H2,(H,17,21)(H,18,19,20). The Kier molecular flexibility index (Phi) is 3.56. The lowest BCUT2D eigenvalue weighted by Crippen LogP contribution is -2.17. The van der Waals surface area contributed by atoms with E-state index in [0.29, 0.717) is 30.4 Å². The molecule has 0 unspecified atom stereocenters. The van der Waals surface area contributed by atoms with Crippen molar-refractivity contribution in [2.75, 3.05) is 23.8 Å². The highest BCUT2D eigenvalue weighted by Gasteiger charge is 2.30. The third-order valence-electron chi connectivity index (χ3n) is 3.72. The van der Waals surface area contributed by atoms with Gasteiger partial charge in [-0.1, -0.05) is 0 Å². The van der Waals surface area contributed by atoms with E-state index in [-0.39, 0.29) is 23.5 Å². The summed E-state index contributed by atoms with van der Waals surface area (Å²) in [4.78, 5) is 27.8. The molecule has 1 aromatic carbocycles. The van der Waals surface area contributed by atoms with Crippen LogP contribution in [0.2, 0.25) is 0 Å². The molecule has 2 aromatic rings. The van der Waals surface area contributed by atoms with Crippen molar-refractivity contribution in [3.8, 4) is 11.5 Å². The van der Waals surface area contributed by atoms with Crippen molar-refractivity contribution in [3.05, 3.63) is 30.2 Å². The molecule has 24 heavy (non-hydrogen) atoms. The SMILES string of the molecule is O=C(Nc1ccc2c(c1)OCCO2)c1coc(NC(=O)C2CC2)n1. The number of nitrogens with one attached hydrogen (secondary N) is 2. The highest BCUT2D eigenvalue weighted by atomic mass is 16.6. The minimum Gasteiger partial charge on any atom is -0.486 e. The third kappa shape index (κ3) is 3.03. The van der Waals surface area contributed by atoms with Crippen LogP contribution in [0.1, 0.15) is 23.3 Å². The summed E-state index contributed by atoms with van der Waals surface area (Å²) in [5.41, 5.74) is 0.631. The second kappa shape index (κ2) is 5.88. The number of benzene rings is 1. The van der Waals surface area contributed by atoms with Gasteiger partial charge in [-0.2, -0.15) is 4.98 Å². The molecule has 1 aromatic heterocycles. The number of hydrogen-bond donors (Lipinski definition) is 2. The number of carbonyl (C=O) groups excluding carboxylic acids is 2. The van der Waals surface area contributed by atoms with E-state index in [1.165, 1.54) is 6.26 Å². The molecule has 0 bridgehead atoms. The lowest BCUT2D eigenvalue weighted by Gasteiger charge is -2.18. The number of fused-ring (bicyclic) bond motifs is 1. The van der Waals surface area contributed by atoms with Crippen molar-refractivity contribution in [2.24, 2.45) is 5.92 Å². The Bertz CT molecular complexity index is 797. The smallest absolute Gasteiger partial charge is 0.302 e. The molecule has 0 radical (unpaired) electrons. The molecule has 124 valence electrons. The summed E-state index contributed by atoms with van der Waals surface area (Å²) in [7, 11) is 0. The maximum Gasteiger partial charge on any atom is 0.302 e. The van der Waals surface area contributed by atoms with Crippen molar-refractivity contribution >= 4 is 23.5 Å². The minimum absolute atomic E-state index is 0.0271. The molecule has 8 nitrogen and oxygen atoms in total. The third-order valence-corrected chi connectivity index (χ3v) is 3.72. The first kappa shape index (κ1) is 14.6. The number of oxazole rings is 1. The van der Waals surface area contributed by atoms with Crippen molar-refractivity contribution in [1.29, 1.82) is 0 Å².